The number of nitrogens with zero attached hydrogens (tertiary/aromatic N) is 1. The van der Waals surface area contributed by atoms with Gasteiger partial charge in [0.15, 0.2) is 0 Å². The van der Waals surface area contributed by atoms with Crippen molar-refractivity contribution in [3.05, 3.63) is 58.4 Å². The third-order valence-electron chi connectivity index (χ3n) is 3.71. The van der Waals surface area contributed by atoms with E-state index in [9.17, 15) is 0 Å². The van der Waals surface area contributed by atoms with E-state index in [-0.39, 0.29) is 6.04 Å². The van der Waals surface area contributed by atoms with Gasteiger partial charge in [-0.1, -0.05) is 18.2 Å². The van der Waals surface area contributed by atoms with Crippen molar-refractivity contribution in [3.8, 4) is 5.75 Å². The maximum Gasteiger partial charge on any atom is 0.127 e. The molecule has 1 heterocycles. The zero-order valence-electron chi connectivity index (χ0n) is 12.4. The van der Waals surface area contributed by atoms with Crippen LogP contribution in [0.3, 0.4) is 0 Å². The lowest BCUT2D eigenvalue weighted by atomic mass is 9.95. The lowest BCUT2D eigenvalue weighted by Crippen LogP contribution is -2.30. The van der Waals surface area contributed by atoms with Gasteiger partial charge in [0.25, 0.3) is 0 Å². The number of nitrogens with two attached hydrogens (primary N) is 1. The molecule has 1 atom stereocenters. The molecule has 0 bridgehead atoms. The van der Waals surface area contributed by atoms with Gasteiger partial charge in [0, 0.05) is 11.8 Å². The number of hydrogen-bond acceptors (Lipinski definition) is 4. The third kappa shape index (κ3) is 2.53. The predicted octanol–water partition coefficient (Wildman–Crippen LogP) is 2.57. The van der Waals surface area contributed by atoms with Crippen molar-refractivity contribution in [1.29, 1.82) is 0 Å². The Morgan fingerprint density at radius 1 is 1.15 bits per heavy atom. The van der Waals surface area contributed by atoms with E-state index in [0.29, 0.717) is 0 Å². The zero-order chi connectivity index (χ0) is 14.7. The molecule has 0 fully saturated rings. The van der Waals surface area contributed by atoms with Crippen LogP contribution in [-0.4, -0.2) is 12.1 Å². The molecule has 4 heteroatoms. The van der Waals surface area contributed by atoms with Crippen molar-refractivity contribution in [3.63, 3.8) is 0 Å². The summed E-state index contributed by atoms with van der Waals surface area (Å²) in [5, 5.41) is 0. The molecule has 0 aliphatic carbocycles. The third-order valence-corrected chi connectivity index (χ3v) is 3.71. The Bertz CT molecular complexity index is 611. The van der Waals surface area contributed by atoms with Gasteiger partial charge in [0.2, 0.25) is 0 Å². The molecule has 1 unspecified atom stereocenters. The van der Waals surface area contributed by atoms with E-state index in [1.165, 1.54) is 5.56 Å². The van der Waals surface area contributed by atoms with E-state index in [0.717, 1.165) is 28.1 Å². The van der Waals surface area contributed by atoms with Crippen LogP contribution in [-0.2, 0) is 0 Å². The highest BCUT2D eigenvalue weighted by Gasteiger charge is 2.21. The molecule has 0 aliphatic rings. The van der Waals surface area contributed by atoms with Crippen LogP contribution in [0.5, 0.6) is 5.75 Å². The molecule has 2 aromatic rings. The number of hydrazine groups is 1. The van der Waals surface area contributed by atoms with Gasteiger partial charge in [-0.2, -0.15) is 0 Å². The molecule has 0 radical (unpaired) electrons. The highest BCUT2D eigenvalue weighted by Crippen LogP contribution is 2.33. The molecule has 1 aromatic carbocycles. The lowest BCUT2D eigenvalue weighted by molar-refractivity contribution is 0.400. The summed E-state index contributed by atoms with van der Waals surface area (Å²) in [6.07, 6.45) is 1.78. The fourth-order valence-corrected chi connectivity index (χ4v) is 2.43. The highest BCUT2D eigenvalue weighted by molar-refractivity contribution is 5.49. The van der Waals surface area contributed by atoms with Crippen molar-refractivity contribution in [2.75, 3.05) is 7.11 Å². The van der Waals surface area contributed by atoms with Gasteiger partial charge in [0.05, 0.1) is 18.8 Å². The molecule has 0 saturated carbocycles. The van der Waals surface area contributed by atoms with Crippen LogP contribution in [0, 0.1) is 20.8 Å². The summed E-state index contributed by atoms with van der Waals surface area (Å²) in [5.74, 6) is 6.63. The van der Waals surface area contributed by atoms with Crippen LogP contribution in [0.1, 0.15) is 34.0 Å². The van der Waals surface area contributed by atoms with Gasteiger partial charge in [-0.3, -0.25) is 10.8 Å². The van der Waals surface area contributed by atoms with Crippen LogP contribution in [0.4, 0.5) is 0 Å². The summed E-state index contributed by atoms with van der Waals surface area (Å²) >= 11 is 0. The van der Waals surface area contributed by atoms with E-state index in [4.69, 9.17) is 10.6 Å². The number of methoxy groups -OCH3 is 1. The summed E-state index contributed by atoms with van der Waals surface area (Å²) in [6.45, 7) is 6.15. The molecular formula is C16H21N3O. The topological polar surface area (TPSA) is 60.2 Å². The lowest BCUT2D eigenvalue weighted by Gasteiger charge is -2.22. The Morgan fingerprint density at radius 2 is 1.90 bits per heavy atom. The van der Waals surface area contributed by atoms with Gasteiger partial charge < -0.3 is 4.74 Å². The first kappa shape index (κ1) is 14.5. The number of nitrogens with one attached hydrogen (secondary N) is 1. The summed E-state index contributed by atoms with van der Waals surface area (Å²) in [7, 11) is 1.68. The second-order valence-corrected chi connectivity index (χ2v) is 4.94. The van der Waals surface area contributed by atoms with Gasteiger partial charge in [-0.15, -0.1) is 0 Å². The minimum Gasteiger partial charge on any atom is -0.496 e. The first-order valence-electron chi connectivity index (χ1n) is 6.61. The fraction of sp³-hybridized carbons (Fsp3) is 0.312. The molecule has 4 nitrogen and oxygen atoms in total. The molecule has 20 heavy (non-hydrogen) atoms. The molecular weight excluding hydrogens is 250 g/mol. The second-order valence-electron chi connectivity index (χ2n) is 4.94. The average Bonchev–Trinajstić information content (AvgIpc) is 2.45. The average molecular weight is 271 g/mol. The van der Waals surface area contributed by atoms with Gasteiger partial charge in [0.1, 0.15) is 5.75 Å². The molecule has 2 rings (SSSR count). The first-order valence-corrected chi connectivity index (χ1v) is 6.61. The number of pyridine rings is 1. The van der Waals surface area contributed by atoms with Crippen LogP contribution >= 0.6 is 0 Å². The number of aryl methyl sites for hydroxylation is 2. The summed E-state index contributed by atoms with van der Waals surface area (Å²) < 4.78 is 5.58. The maximum atomic E-state index is 5.77. The molecule has 0 aliphatic heterocycles. The van der Waals surface area contributed by atoms with Crippen molar-refractivity contribution < 1.29 is 4.74 Å². The summed E-state index contributed by atoms with van der Waals surface area (Å²) in [6, 6.07) is 7.88. The van der Waals surface area contributed by atoms with Crippen LogP contribution in [0.15, 0.2) is 30.5 Å². The molecule has 3 N–H and O–H groups in total. The smallest absolute Gasteiger partial charge is 0.127 e. The van der Waals surface area contributed by atoms with Crippen LogP contribution < -0.4 is 16.0 Å². The number of ether oxygens (including phenoxy) is 1. The second kappa shape index (κ2) is 6.03. The molecule has 1 aromatic heterocycles. The summed E-state index contributed by atoms with van der Waals surface area (Å²) in [4.78, 5) is 4.46. The molecule has 0 spiro atoms. The van der Waals surface area contributed by atoms with Gasteiger partial charge >= 0.3 is 0 Å². The largest absolute Gasteiger partial charge is 0.496 e. The number of rotatable bonds is 4. The Kier molecular flexibility index (Phi) is 4.37. The highest BCUT2D eigenvalue weighted by atomic mass is 16.5. The monoisotopic (exact) mass is 271 g/mol. The number of benzene rings is 1. The Morgan fingerprint density at radius 3 is 2.50 bits per heavy atom. The van der Waals surface area contributed by atoms with E-state index in [1.54, 1.807) is 13.3 Å². The normalized spacial score (nSPS) is 12.2. The minimum absolute atomic E-state index is 0.189. The molecule has 0 saturated heterocycles. The molecule has 0 amide bonds. The number of hydrogen-bond donors (Lipinski definition) is 2. The van der Waals surface area contributed by atoms with Crippen molar-refractivity contribution in [2.45, 2.75) is 26.8 Å². The number of aromatic nitrogens is 1. The SMILES string of the molecule is COc1c(C(NN)c2ncccc2C)ccc(C)c1C. The van der Waals surface area contributed by atoms with Gasteiger partial charge in [-0.25, -0.2) is 5.43 Å². The molecule has 106 valence electrons. The van der Waals surface area contributed by atoms with E-state index >= 15 is 0 Å². The Hall–Kier alpha value is -1.91. The van der Waals surface area contributed by atoms with Crippen LogP contribution in [0.2, 0.25) is 0 Å². The van der Waals surface area contributed by atoms with Crippen molar-refractivity contribution in [2.24, 2.45) is 5.84 Å². The standard InChI is InChI=1S/C16H21N3O/c1-10-7-8-13(16(20-4)12(10)3)15(19-17)14-11(2)6-5-9-18-14/h5-9,15,19H,17H2,1-4H3. The minimum atomic E-state index is -0.189. The fourth-order valence-electron chi connectivity index (χ4n) is 2.43. The van der Waals surface area contributed by atoms with Crippen molar-refractivity contribution in [1.82, 2.24) is 10.4 Å². The summed E-state index contributed by atoms with van der Waals surface area (Å²) in [5.41, 5.74) is 8.18. The van der Waals surface area contributed by atoms with Crippen LogP contribution in [0.25, 0.3) is 0 Å². The Labute approximate surface area is 120 Å². The van der Waals surface area contributed by atoms with Crippen molar-refractivity contribution >= 4 is 0 Å². The van der Waals surface area contributed by atoms with E-state index < -0.39 is 0 Å². The Balaban J connectivity index is 2.59. The predicted molar refractivity (Wildman–Crippen MR) is 80.6 cm³/mol. The van der Waals surface area contributed by atoms with E-state index in [2.05, 4.69) is 30.3 Å². The van der Waals surface area contributed by atoms with Gasteiger partial charge in [-0.05, 0) is 43.5 Å². The maximum absolute atomic E-state index is 5.77. The van der Waals surface area contributed by atoms with E-state index in [1.807, 2.05) is 25.1 Å². The zero-order valence-corrected chi connectivity index (χ0v) is 12.4. The quantitative estimate of drug-likeness (QED) is 0.663. The first-order chi connectivity index (χ1) is 9.60.